The zero-order valence-electron chi connectivity index (χ0n) is 12.7. The SMILES string of the molecule is CC1CN(C(C)CNC(C)(C)C)CC1N(C)C. The van der Waals surface area contributed by atoms with Gasteiger partial charge in [0.15, 0.2) is 0 Å². The molecule has 1 heterocycles. The Morgan fingerprint density at radius 3 is 2.29 bits per heavy atom. The highest BCUT2D eigenvalue weighted by Gasteiger charge is 2.33. The first-order valence-electron chi connectivity index (χ1n) is 6.86. The summed E-state index contributed by atoms with van der Waals surface area (Å²) in [4.78, 5) is 4.99. The van der Waals surface area contributed by atoms with Crippen LogP contribution in [0.25, 0.3) is 0 Å². The zero-order valence-corrected chi connectivity index (χ0v) is 12.7. The summed E-state index contributed by atoms with van der Waals surface area (Å²) >= 11 is 0. The fourth-order valence-corrected chi connectivity index (χ4v) is 2.60. The van der Waals surface area contributed by atoms with Gasteiger partial charge in [0.2, 0.25) is 0 Å². The van der Waals surface area contributed by atoms with E-state index < -0.39 is 0 Å². The first kappa shape index (κ1) is 14.9. The van der Waals surface area contributed by atoms with Crippen LogP contribution in [0.5, 0.6) is 0 Å². The summed E-state index contributed by atoms with van der Waals surface area (Å²) in [5.74, 6) is 0.780. The Morgan fingerprint density at radius 1 is 1.29 bits per heavy atom. The van der Waals surface area contributed by atoms with E-state index in [0.717, 1.165) is 12.5 Å². The summed E-state index contributed by atoms with van der Waals surface area (Å²) in [5.41, 5.74) is 0.223. The molecular weight excluding hydrogens is 210 g/mol. The molecule has 1 saturated heterocycles. The fourth-order valence-electron chi connectivity index (χ4n) is 2.60. The molecule has 0 saturated carbocycles. The number of likely N-dealkylation sites (tertiary alicyclic amines) is 1. The van der Waals surface area contributed by atoms with Gasteiger partial charge in [-0.3, -0.25) is 4.90 Å². The van der Waals surface area contributed by atoms with E-state index in [-0.39, 0.29) is 5.54 Å². The molecular formula is C14H31N3. The number of nitrogens with zero attached hydrogens (tertiary/aromatic N) is 2. The van der Waals surface area contributed by atoms with Crippen molar-refractivity contribution in [2.45, 2.75) is 52.2 Å². The number of nitrogens with one attached hydrogen (secondary N) is 1. The minimum Gasteiger partial charge on any atom is -0.311 e. The topological polar surface area (TPSA) is 18.5 Å². The lowest BCUT2D eigenvalue weighted by Gasteiger charge is -2.29. The molecule has 0 radical (unpaired) electrons. The van der Waals surface area contributed by atoms with E-state index >= 15 is 0 Å². The van der Waals surface area contributed by atoms with Gasteiger partial charge in [-0.2, -0.15) is 0 Å². The summed E-state index contributed by atoms with van der Waals surface area (Å²) in [5, 5.41) is 3.60. The van der Waals surface area contributed by atoms with Crippen LogP contribution in [0.2, 0.25) is 0 Å². The van der Waals surface area contributed by atoms with Crippen LogP contribution in [0.1, 0.15) is 34.6 Å². The van der Waals surface area contributed by atoms with Crippen molar-refractivity contribution in [1.29, 1.82) is 0 Å². The van der Waals surface area contributed by atoms with Crippen LogP contribution in [0, 0.1) is 5.92 Å². The van der Waals surface area contributed by atoms with Crippen molar-refractivity contribution in [2.24, 2.45) is 5.92 Å². The van der Waals surface area contributed by atoms with Crippen molar-refractivity contribution in [3.63, 3.8) is 0 Å². The molecule has 0 aromatic heterocycles. The molecule has 1 aliphatic heterocycles. The predicted octanol–water partition coefficient (Wildman–Crippen LogP) is 1.64. The van der Waals surface area contributed by atoms with Crippen LogP contribution < -0.4 is 5.32 Å². The summed E-state index contributed by atoms with van der Waals surface area (Å²) in [6.07, 6.45) is 0. The summed E-state index contributed by atoms with van der Waals surface area (Å²) in [7, 11) is 4.39. The molecule has 0 aliphatic carbocycles. The van der Waals surface area contributed by atoms with Crippen LogP contribution in [0.15, 0.2) is 0 Å². The molecule has 0 aromatic carbocycles. The molecule has 3 unspecified atom stereocenters. The first-order chi connectivity index (χ1) is 7.70. The molecule has 1 N–H and O–H groups in total. The largest absolute Gasteiger partial charge is 0.311 e. The minimum absolute atomic E-state index is 0.223. The standard InChI is InChI=1S/C14H31N3/c1-11-9-17(10-13(11)16(6)7)12(2)8-15-14(3,4)5/h11-13,15H,8-10H2,1-7H3. The lowest BCUT2D eigenvalue weighted by molar-refractivity contribution is 0.212. The lowest BCUT2D eigenvalue weighted by atomic mass is 10.1. The van der Waals surface area contributed by atoms with Crippen LogP contribution in [0.4, 0.5) is 0 Å². The van der Waals surface area contributed by atoms with E-state index in [2.05, 4.69) is 63.8 Å². The highest BCUT2D eigenvalue weighted by atomic mass is 15.3. The van der Waals surface area contributed by atoms with Crippen LogP contribution in [0.3, 0.4) is 0 Å². The third kappa shape index (κ3) is 4.57. The van der Waals surface area contributed by atoms with E-state index in [1.807, 2.05) is 0 Å². The highest BCUT2D eigenvalue weighted by Crippen LogP contribution is 2.21. The van der Waals surface area contributed by atoms with Gasteiger partial charge in [0.1, 0.15) is 0 Å². The quantitative estimate of drug-likeness (QED) is 0.807. The molecule has 0 amide bonds. The molecule has 0 bridgehead atoms. The molecule has 1 fully saturated rings. The minimum atomic E-state index is 0.223. The summed E-state index contributed by atoms with van der Waals surface area (Å²) < 4.78 is 0. The summed E-state index contributed by atoms with van der Waals surface area (Å²) in [6.45, 7) is 14.9. The number of rotatable bonds is 4. The van der Waals surface area contributed by atoms with Gasteiger partial charge in [-0.1, -0.05) is 6.92 Å². The molecule has 3 heteroatoms. The smallest absolute Gasteiger partial charge is 0.0254 e. The molecule has 3 nitrogen and oxygen atoms in total. The Balaban J connectivity index is 2.42. The number of likely N-dealkylation sites (N-methyl/N-ethyl adjacent to an activating group) is 1. The van der Waals surface area contributed by atoms with Gasteiger partial charge in [0.05, 0.1) is 0 Å². The Kier molecular flexibility index (Phi) is 4.99. The third-order valence-corrected chi connectivity index (χ3v) is 3.82. The van der Waals surface area contributed by atoms with Crippen molar-refractivity contribution < 1.29 is 0 Å². The maximum absolute atomic E-state index is 3.60. The lowest BCUT2D eigenvalue weighted by Crippen LogP contribution is -2.46. The maximum atomic E-state index is 3.60. The Hall–Kier alpha value is -0.120. The highest BCUT2D eigenvalue weighted by molar-refractivity contribution is 4.89. The molecule has 1 aliphatic rings. The molecule has 0 aromatic rings. The van der Waals surface area contributed by atoms with Crippen molar-refractivity contribution in [3.05, 3.63) is 0 Å². The van der Waals surface area contributed by atoms with Crippen molar-refractivity contribution in [1.82, 2.24) is 15.1 Å². The van der Waals surface area contributed by atoms with E-state index in [1.165, 1.54) is 13.1 Å². The molecule has 1 rings (SSSR count). The van der Waals surface area contributed by atoms with Crippen LogP contribution >= 0.6 is 0 Å². The van der Waals surface area contributed by atoms with Gasteiger partial charge in [0, 0.05) is 37.3 Å². The van der Waals surface area contributed by atoms with Gasteiger partial charge in [-0.25, -0.2) is 0 Å². The predicted molar refractivity (Wildman–Crippen MR) is 75.4 cm³/mol. The zero-order chi connectivity index (χ0) is 13.2. The second-order valence-corrected chi connectivity index (χ2v) is 6.94. The average molecular weight is 241 g/mol. The average Bonchev–Trinajstić information content (AvgIpc) is 2.55. The summed E-state index contributed by atoms with van der Waals surface area (Å²) in [6, 6.07) is 1.34. The third-order valence-electron chi connectivity index (χ3n) is 3.82. The monoisotopic (exact) mass is 241 g/mol. The van der Waals surface area contributed by atoms with Crippen molar-refractivity contribution >= 4 is 0 Å². The van der Waals surface area contributed by atoms with Gasteiger partial charge < -0.3 is 10.2 Å². The normalized spacial score (nSPS) is 28.9. The Bertz CT molecular complexity index is 232. The van der Waals surface area contributed by atoms with Crippen LogP contribution in [-0.4, -0.2) is 61.2 Å². The second-order valence-electron chi connectivity index (χ2n) is 6.94. The Morgan fingerprint density at radius 2 is 1.88 bits per heavy atom. The van der Waals surface area contributed by atoms with Gasteiger partial charge in [0.25, 0.3) is 0 Å². The van der Waals surface area contributed by atoms with Gasteiger partial charge >= 0.3 is 0 Å². The van der Waals surface area contributed by atoms with Gasteiger partial charge in [-0.05, 0) is 47.7 Å². The molecule has 3 atom stereocenters. The molecule has 0 spiro atoms. The van der Waals surface area contributed by atoms with Crippen molar-refractivity contribution in [2.75, 3.05) is 33.7 Å². The van der Waals surface area contributed by atoms with Crippen molar-refractivity contribution in [3.8, 4) is 0 Å². The number of hydrogen-bond acceptors (Lipinski definition) is 3. The maximum Gasteiger partial charge on any atom is 0.0254 e. The van der Waals surface area contributed by atoms with E-state index in [0.29, 0.717) is 12.1 Å². The molecule has 17 heavy (non-hydrogen) atoms. The van der Waals surface area contributed by atoms with Crippen LogP contribution in [-0.2, 0) is 0 Å². The Labute approximate surface area is 108 Å². The van der Waals surface area contributed by atoms with E-state index in [9.17, 15) is 0 Å². The second kappa shape index (κ2) is 5.68. The van der Waals surface area contributed by atoms with Gasteiger partial charge in [-0.15, -0.1) is 0 Å². The van der Waals surface area contributed by atoms with E-state index in [1.54, 1.807) is 0 Å². The first-order valence-corrected chi connectivity index (χ1v) is 6.86. The fraction of sp³-hybridized carbons (Fsp3) is 1.00. The van der Waals surface area contributed by atoms with E-state index in [4.69, 9.17) is 0 Å². The molecule has 102 valence electrons. The number of hydrogen-bond donors (Lipinski definition) is 1.